The second-order valence-electron chi connectivity index (χ2n) is 9.63. The molecule has 0 saturated carbocycles. The van der Waals surface area contributed by atoms with Gasteiger partial charge in [0.1, 0.15) is 16.8 Å². The molecule has 1 unspecified atom stereocenters. The van der Waals surface area contributed by atoms with E-state index in [2.05, 4.69) is 4.98 Å². The number of aromatic nitrogens is 1. The minimum atomic E-state index is -1.19. The lowest BCUT2D eigenvalue weighted by Crippen LogP contribution is -2.53. The lowest BCUT2D eigenvalue weighted by Gasteiger charge is -2.39. The summed E-state index contributed by atoms with van der Waals surface area (Å²) >= 11 is 0. The molecule has 0 radical (unpaired) electrons. The highest BCUT2D eigenvalue weighted by atomic mass is 16.6. The van der Waals surface area contributed by atoms with Gasteiger partial charge in [-0.1, -0.05) is 0 Å². The molecule has 1 amide bonds. The average Bonchev–Trinajstić information content (AvgIpc) is 3.05. The summed E-state index contributed by atoms with van der Waals surface area (Å²) in [6.45, 7) is 12.3. The van der Waals surface area contributed by atoms with Crippen molar-refractivity contribution in [2.24, 2.45) is 11.3 Å². The van der Waals surface area contributed by atoms with Crippen molar-refractivity contribution in [2.45, 2.75) is 60.0 Å². The Morgan fingerprint density at radius 2 is 1.74 bits per heavy atom. The SMILES string of the molecule is COC(=O)C1(C(C)=O)Cc2c(C)nc(OCC3CN(C(=O)OC(C)(C)C)C3)c(C)c2C1. The van der Waals surface area contributed by atoms with E-state index in [0.717, 1.165) is 22.4 Å². The van der Waals surface area contributed by atoms with Gasteiger partial charge in [0.2, 0.25) is 5.88 Å². The minimum Gasteiger partial charge on any atom is -0.477 e. The number of aryl methyl sites for hydroxylation is 1. The van der Waals surface area contributed by atoms with Crippen molar-refractivity contribution in [3.63, 3.8) is 0 Å². The fraction of sp³-hybridized carbons (Fsp3) is 0.652. The van der Waals surface area contributed by atoms with E-state index in [-0.39, 0.29) is 17.8 Å². The van der Waals surface area contributed by atoms with E-state index >= 15 is 0 Å². The smallest absolute Gasteiger partial charge is 0.410 e. The van der Waals surface area contributed by atoms with Gasteiger partial charge in [-0.15, -0.1) is 0 Å². The fourth-order valence-corrected chi connectivity index (χ4v) is 4.24. The predicted octanol–water partition coefficient (Wildman–Crippen LogP) is 2.79. The fourth-order valence-electron chi connectivity index (χ4n) is 4.24. The van der Waals surface area contributed by atoms with Crippen LogP contribution in [0.15, 0.2) is 0 Å². The van der Waals surface area contributed by atoms with Crippen LogP contribution in [-0.2, 0) is 31.9 Å². The Balaban J connectivity index is 1.67. The van der Waals surface area contributed by atoms with Gasteiger partial charge in [0, 0.05) is 30.3 Å². The van der Waals surface area contributed by atoms with Crippen LogP contribution in [0.1, 0.15) is 50.1 Å². The van der Waals surface area contributed by atoms with Gasteiger partial charge < -0.3 is 19.1 Å². The molecule has 8 nitrogen and oxygen atoms in total. The average molecular weight is 433 g/mol. The van der Waals surface area contributed by atoms with Gasteiger partial charge in [0.15, 0.2) is 0 Å². The van der Waals surface area contributed by atoms with Gasteiger partial charge in [-0.25, -0.2) is 9.78 Å². The van der Waals surface area contributed by atoms with Crippen molar-refractivity contribution >= 4 is 17.8 Å². The van der Waals surface area contributed by atoms with E-state index in [0.29, 0.717) is 38.4 Å². The number of nitrogens with zero attached hydrogens (tertiary/aromatic N) is 2. The van der Waals surface area contributed by atoms with Crippen molar-refractivity contribution in [3.05, 3.63) is 22.4 Å². The molecule has 170 valence electrons. The molecule has 0 N–H and O–H groups in total. The zero-order chi connectivity index (χ0) is 23.1. The van der Waals surface area contributed by atoms with E-state index in [1.807, 2.05) is 34.6 Å². The molecule has 2 aliphatic rings. The Hall–Kier alpha value is -2.64. The van der Waals surface area contributed by atoms with Gasteiger partial charge in [0.25, 0.3) is 0 Å². The summed E-state index contributed by atoms with van der Waals surface area (Å²) in [5, 5.41) is 0. The highest BCUT2D eigenvalue weighted by Crippen LogP contribution is 2.43. The van der Waals surface area contributed by atoms with E-state index in [1.54, 1.807) is 4.90 Å². The van der Waals surface area contributed by atoms with Crippen molar-refractivity contribution in [2.75, 3.05) is 26.8 Å². The van der Waals surface area contributed by atoms with Crippen LogP contribution in [0.3, 0.4) is 0 Å². The molecule has 1 aliphatic heterocycles. The topological polar surface area (TPSA) is 95.0 Å². The van der Waals surface area contributed by atoms with Crippen LogP contribution in [0.4, 0.5) is 4.79 Å². The summed E-state index contributed by atoms with van der Waals surface area (Å²) in [5.41, 5.74) is 1.76. The number of ketones is 1. The number of ether oxygens (including phenoxy) is 3. The molecule has 1 fully saturated rings. The summed E-state index contributed by atoms with van der Waals surface area (Å²) in [5.74, 6) is 0.00698. The Morgan fingerprint density at radius 3 is 2.29 bits per heavy atom. The van der Waals surface area contributed by atoms with Crippen LogP contribution in [0.25, 0.3) is 0 Å². The van der Waals surface area contributed by atoms with Crippen LogP contribution in [0, 0.1) is 25.2 Å². The lowest BCUT2D eigenvalue weighted by atomic mass is 9.80. The van der Waals surface area contributed by atoms with Crippen LogP contribution in [-0.4, -0.2) is 60.1 Å². The van der Waals surface area contributed by atoms with E-state index in [1.165, 1.54) is 14.0 Å². The maximum absolute atomic E-state index is 12.5. The molecule has 31 heavy (non-hydrogen) atoms. The molecule has 0 aromatic carbocycles. The van der Waals surface area contributed by atoms with Gasteiger partial charge in [-0.05, 0) is 65.5 Å². The maximum atomic E-state index is 12.5. The van der Waals surface area contributed by atoms with E-state index < -0.39 is 17.0 Å². The molecule has 8 heteroatoms. The van der Waals surface area contributed by atoms with Crippen LogP contribution in [0.5, 0.6) is 5.88 Å². The van der Waals surface area contributed by atoms with Crippen molar-refractivity contribution in [1.29, 1.82) is 0 Å². The van der Waals surface area contributed by atoms with Gasteiger partial charge in [-0.3, -0.25) is 9.59 Å². The molecule has 1 aromatic rings. The van der Waals surface area contributed by atoms with Crippen molar-refractivity contribution < 1.29 is 28.6 Å². The Bertz CT molecular complexity index is 914. The summed E-state index contributed by atoms with van der Waals surface area (Å²) in [6, 6.07) is 0. The first-order valence-electron chi connectivity index (χ1n) is 10.6. The first-order chi connectivity index (χ1) is 14.4. The molecule has 1 aliphatic carbocycles. The number of likely N-dealkylation sites (tertiary alicyclic amines) is 1. The Labute approximate surface area is 183 Å². The third-order valence-corrected chi connectivity index (χ3v) is 6.12. The number of Topliss-reactive ketones (excluding diaryl/α,β-unsaturated/α-hetero) is 1. The van der Waals surface area contributed by atoms with Crippen LogP contribution in [0.2, 0.25) is 0 Å². The summed E-state index contributed by atoms with van der Waals surface area (Å²) in [6.07, 6.45) is 0.290. The van der Waals surface area contributed by atoms with Crippen molar-refractivity contribution in [3.8, 4) is 5.88 Å². The largest absolute Gasteiger partial charge is 0.477 e. The summed E-state index contributed by atoms with van der Waals surface area (Å²) < 4.78 is 16.3. The quantitative estimate of drug-likeness (QED) is 0.521. The standard InChI is InChI=1S/C23H32N2O6/c1-13-17-8-23(15(3)26,20(27)29-7)9-18(17)14(2)24-19(13)30-12-16-10-25(11-16)21(28)31-22(4,5)6/h16H,8-12H2,1-7H3. The molecule has 2 heterocycles. The van der Waals surface area contributed by atoms with Crippen LogP contribution >= 0.6 is 0 Å². The number of fused-ring (bicyclic) bond motifs is 1. The summed E-state index contributed by atoms with van der Waals surface area (Å²) in [4.78, 5) is 43.2. The lowest BCUT2D eigenvalue weighted by molar-refractivity contribution is -0.156. The molecule has 0 spiro atoms. The molecular weight excluding hydrogens is 400 g/mol. The third kappa shape index (κ3) is 4.38. The number of carbonyl (C=O) groups is 3. The normalized spacial score (nSPS) is 20.7. The van der Waals surface area contributed by atoms with Gasteiger partial charge in [0.05, 0.1) is 13.7 Å². The molecule has 0 bridgehead atoms. The highest BCUT2D eigenvalue weighted by Gasteiger charge is 2.50. The Kier molecular flexibility index (Phi) is 6.04. The first kappa shape index (κ1) is 23.0. The number of hydrogen-bond donors (Lipinski definition) is 0. The minimum absolute atomic E-state index is 0.200. The second-order valence-corrected chi connectivity index (χ2v) is 9.63. The predicted molar refractivity (Wildman–Crippen MR) is 113 cm³/mol. The monoisotopic (exact) mass is 432 g/mol. The first-order valence-corrected chi connectivity index (χ1v) is 10.6. The number of rotatable bonds is 5. The van der Waals surface area contributed by atoms with Crippen molar-refractivity contribution in [1.82, 2.24) is 9.88 Å². The van der Waals surface area contributed by atoms with Gasteiger partial charge >= 0.3 is 12.1 Å². The molecular formula is C23H32N2O6. The molecule has 1 atom stereocenters. The number of hydrogen-bond acceptors (Lipinski definition) is 7. The molecule has 3 rings (SSSR count). The number of amides is 1. The number of esters is 1. The number of methoxy groups -OCH3 is 1. The zero-order valence-electron chi connectivity index (χ0n) is 19.5. The van der Waals surface area contributed by atoms with E-state index in [4.69, 9.17) is 14.2 Å². The van der Waals surface area contributed by atoms with E-state index in [9.17, 15) is 14.4 Å². The van der Waals surface area contributed by atoms with Gasteiger partial charge in [-0.2, -0.15) is 0 Å². The zero-order valence-corrected chi connectivity index (χ0v) is 19.5. The summed E-state index contributed by atoms with van der Waals surface area (Å²) in [7, 11) is 1.31. The number of pyridine rings is 1. The highest BCUT2D eigenvalue weighted by molar-refractivity contribution is 6.04. The second kappa shape index (κ2) is 8.13. The number of carbonyl (C=O) groups excluding carboxylic acids is 3. The Morgan fingerprint density at radius 1 is 1.13 bits per heavy atom. The third-order valence-electron chi connectivity index (χ3n) is 6.12. The van der Waals surface area contributed by atoms with Crippen LogP contribution < -0.4 is 4.74 Å². The molecule has 1 aromatic heterocycles. The maximum Gasteiger partial charge on any atom is 0.410 e. The molecule has 1 saturated heterocycles.